The fourth-order valence-electron chi connectivity index (χ4n) is 3.29. The number of nitrogens with zero attached hydrogens (tertiary/aromatic N) is 3. The molecule has 0 saturated carbocycles. The Morgan fingerprint density at radius 2 is 1.94 bits per heavy atom. The van der Waals surface area contributed by atoms with Gasteiger partial charge in [-0.05, 0) is 61.0 Å². The van der Waals surface area contributed by atoms with Crippen LogP contribution in [0.25, 0.3) is 10.2 Å². The van der Waals surface area contributed by atoms with Crippen molar-refractivity contribution in [3.63, 3.8) is 0 Å². The number of fused-ring (bicyclic) bond motifs is 1. The number of anilines is 1. The van der Waals surface area contributed by atoms with Gasteiger partial charge in [-0.1, -0.05) is 31.3 Å². The maximum Gasteiger partial charge on any atom is 0.260 e. The van der Waals surface area contributed by atoms with E-state index in [1.165, 1.54) is 11.3 Å². The highest BCUT2D eigenvalue weighted by molar-refractivity contribution is 7.99. The maximum atomic E-state index is 13.7. The highest BCUT2D eigenvalue weighted by Crippen LogP contribution is 2.33. The summed E-state index contributed by atoms with van der Waals surface area (Å²) >= 11 is 3.24. The summed E-state index contributed by atoms with van der Waals surface area (Å²) in [5, 5.41) is 1.11. The molecule has 2 aromatic heterocycles. The van der Waals surface area contributed by atoms with Crippen molar-refractivity contribution in [3.8, 4) is 5.75 Å². The van der Waals surface area contributed by atoms with E-state index >= 15 is 0 Å². The molecule has 2 heterocycles. The summed E-state index contributed by atoms with van der Waals surface area (Å²) in [6.07, 6.45) is 3.48. The number of benzene rings is 2. The van der Waals surface area contributed by atoms with Gasteiger partial charge in [0, 0.05) is 28.1 Å². The van der Waals surface area contributed by atoms with E-state index in [2.05, 4.69) is 18.8 Å². The Hall–Kier alpha value is -2.90. The van der Waals surface area contributed by atoms with E-state index in [1.807, 2.05) is 61.5 Å². The van der Waals surface area contributed by atoms with Gasteiger partial charge >= 0.3 is 0 Å². The van der Waals surface area contributed by atoms with Crippen molar-refractivity contribution in [1.82, 2.24) is 9.97 Å². The Bertz CT molecular complexity index is 1210. The van der Waals surface area contributed by atoms with Crippen LogP contribution in [-0.4, -0.2) is 27.7 Å². The van der Waals surface area contributed by atoms with Crippen molar-refractivity contribution in [2.45, 2.75) is 37.5 Å². The molecule has 4 rings (SSSR count). The molecule has 0 radical (unpaired) electrons. The highest BCUT2D eigenvalue weighted by atomic mass is 32.2. The Morgan fingerprint density at radius 3 is 2.69 bits per heavy atom. The first kappa shape index (κ1) is 22.3. The lowest BCUT2D eigenvalue weighted by molar-refractivity contribution is 0.0985. The van der Waals surface area contributed by atoms with Crippen LogP contribution in [0.5, 0.6) is 5.75 Å². The number of ether oxygens (including phenoxy) is 1. The Labute approximate surface area is 196 Å². The van der Waals surface area contributed by atoms with E-state index in [1.54, 1.807) is 29.1 Å². The van der Waals surface area contributed by atoms with Crippen molar-refractivity contribution in [3.05, 3.63) is 78.1 Å². The minimum Gasteiger partial charge on any atom is -0.494 e. The first-order valence-corrected chi connectivity index (χ1v) is 12.2. The van der Waals surface area contributed by atoms with Gasteiger partial charge in [0.25, 0.3) is 5.91 Å². The molecule has 7 heteroatoms. The third-order valence-electron chi connectivity index (χ3n) is 4.68. The molecule has 5 nitrogen and oxygen atoms in total. The Kier molecular flexibility index (Phi) is 7.07. The van der Waals surface area contributed by atoms with Crippen LogP contribution in [0.3, 0.4) is 0 Å². The zero-order valence-corrected chi connectivity index (χ0v) is 20.0. The second-order valence-corrected chi connectivity index (χ2v) is 10.2. The van der Waals surface area contributed by atoms with Crippen LogP contribution in [0.15, 0.2) is 71.9 Å². The molecule has 0 fully saturated rings. The van der Waals surface area contributed by atoms with Gasteiger partial charge in [-0.15, -0.1) is 11.8 Å². The summed E-state index contributed by atoms with van der Waals surface area (Å²) in [4.78, 5) is 25.4. The second kappa shape index (κ2) is 10.1. The molecule has 0 aliphatic rings. The highest BCUT2D eigenvalue weighted by Gasteiger charge is 2.22. The SMILES string of the molecule is CCOc1ccc2nc(N(Cc3ccncc3)C(=O)c3cccc(SC(C)C)c3)sc2c1. The van der Waals surface area contributed by atoms with E-state index < -0.39 is 0 Å². The molecule has 32 heavy (non-hydrogen) atoms. The molecule has 1 amide bonds. The third-order valence-corrected chi connectivity index (χ3v) is 6.72. The molecule has 0 aliphatic heterocycles. The van der Waals surface area contributed by atoms with Gasteiger partial charge in [-0.25, -0.2) is 4.98 Å². The summed E-state index contributed by atoms with van der Waals surface area (Å²) in [6, 6.07) is 17.5. The number of pyridine rings is 1. The lowest BCUT2D eigenvalue weighted by atomic mass is 10.2. The van der Waals surface area contributed by atoms with E-state index in [4.69, 9.17) is 9.72 Å². The van der Waals surface area contributed by atoms with E-state index in [0.717, 1.165) is 26.4 Å². The molecule has 0 unspecified atom stereocenters. The number of amides is 1. The summed E-state index contributed by atoms with van der Waals surface area (Å²) in [7, 11) is 0. The van der Waals surface area contributed by atoms with Crippen molar-refractivity contribution < 1.29 is 9.53 Å². The molecular weight excluding hydrogens is 438 g/mol. The first-order valence-electron chi connectivity index (χ1n) is 10.5. The summed E-state index contributed by atoms with van der Waals surface area (Å²) in [5.74, 6) is 0.734. The van der Waals surface area contributed by atoms with E-state index in [0.29, 0.717) is 29.1 Å². The Morgan fingerprint density at radius 1 is 1.12 bits per heavy atom. The van der Waals surface area contributed by atoms with Crippen LogP contribution in [-0.2, 0) is 6.54 Å². The fraction of sp³-hybridized carbons (Fsp3) is 0.240. The van der Waals surface area contributed by atoms with E-state index in [9.17, 15) is 4.79 Å². The van der Waals surface area contributed by atoms with Gasteiger partial charge in [-0.3, -0.25) is 14.7 Å². The van der Waals surface area contributed by atoms with Crippen molar-refractivity contribution in [2.24, 2.45) is 0 Å². The maximum absolute atomic E-state index is 13.7. The van der Waals surface area contributed by atoms with Crippen LogP contribution < -0.4 is 9.64 Å². The van der Waals surface area contributed by atoms with Crippen LogP contribution in [0.2, 0.25) is 0 Å². The quantitative estimate of drug-likeness (QED) is 0.282. The first-order chi connectivity index (χ1) is 15.5. The minimum atomic E-state index is -0.0721. The van der Waals surface area contributed by atoms with Crippen LogP contribution in [0.4, 0.5) is 5.13 Å². The smallest absolute Gasteiger partial charge is 0.260 e. The van der Waals surface area contributed by atoms with Gasteiger partial charge in [0.2, 0.25) is 0 Å². The average molecular weight is 464 g/mol. The van der Waals surface area contributed by atoms with E-state index in [-0.39, 0.29) is 5.91 Å². The fourth-order valence-corrected chi connectivity index (χ4v) is 5.18. The standard InChI is InChI=1S/C25H25N3O2S2/c1-4-30-20-8-9-22-23(15-20)32-25(27-22)28(16-18-10-12-26-13-11-18)24(29)19-6-5-7-21(14-19)31-17(2)3/h5-15,17H,4,16H2,1-3H3. The predicted octanol–water partition coefficient (Wildman–Crippen LogP) is 6.44. The summed E-state index contributed by atoms with van der Waals surface area (Å²) in [5.41, 5.74) is 2.50. The molecule has 164 valence electrons. The number of thioether (sulfide) groups is 1. The number of thiazole rings is 1. The predicted molar refractivity (Wildman–Crippen MR) is 133 cm³/mol. The van der Waals surface area contributed by atoms with Gasteiger partial charge in [0.1, 0.15) is 5.75 Å². The lowest BCUT2D eigenvalue weighted by Crippen LogP contribution is -2.30. The Balaban J connectivity index is 1.72. The van der Waals surface area contributed by atoms with Gasteiger partial charge < -0.3 is 4.74 Å². The van der Waals surface area contributed by atoms with Crippen LogP contribution in [0, 0.1) is 0 Å². The number of hydrogen-bond acceptors (Lipinski definition) is 6. The minimum absolute atomic E-state index is 0.0721. The molecule has 0 saturated heterocycles. The number of carbonyl (C=O) groups excluding carboxylic acids is 1. The average Bonchev–Trinajstić information content (AvgIpc) is 3.21. The van der Waals surface area contributed by atoms with Gasteiger partial charge in [0.05, 0.1) is 23.4 Å². The van der Waals surface area contributed by atoms with Crippen molar-refractivity contribution >= 4 is 44.4 Å². The number of carbonyl (C=O) groups is 1. The second-order valence-electron chi connectivity index (χ2n) is 7.50. The number of aromatic nitrogens is 2. The third kappa shape index (κ3) is 5.29. The number of rotatable bonds is 8. The molecule has 0 aliphatic carbocycles. The number of hydrogen-bond donors (Lipinski definition) is 0. The summed E-state index contributed by atoms with van der Waals surface area (Å²) in [6.45, 7) is 7.28. The summed E-state index contributed by atoms with van der Waals surface area (Å²) < 4.78 is 6.62. The van der Waals surface area contributed by atoms with Crippen LogP contribution in [0.1, 0.15) is 36.7 Å². The monoisotopic (exact) mass is 463 g/mol. The van der Waals surface area contributed by atoms with Gasteiger partial charge in [0.15, 0.2) is 5.13 Å². The largest absolute Gasteiger partial charge is 0.494 e. The molecule has 0 N–H and O–H groups in total. The molecular formula is C25H25N3O2S2. The molecule has 0 bridgehead atoms. The van der Waals surface area contributed by atoms with Gasteiger partial charge in [-0.2, -0.15) is 0 Å². The topological polar surface area (TPSA) is 55.3 Å². The zero-order valence-electron chi connectivity index (χ0n) is 18.3. The van der Waals surface area contributed by atoms with Crippen molar-refractivity contribution in [2.75, 3.05) is 11.5 Å². The zero-order chi connectivity index (χ0) is 22.5. The molecule has 0 atom stereocenters. The normalized spacial score (nSPS) is 11.1. The van der Waals surface area contributed by atoms with Crippen LogP contribution >= 0.6 is 23.1 Å². The lowest BCUT2D eigenvalue weighted by Gasteiger charge is -2.20. The van der Waals surface area contributed by atoms with Crippen molar-refractivity contribution in [1.29, 1.82) is 0 Å². The molecule has 4 aromatic rings. The molecule has 2 aromatic carbocycles. The molecule has 0 spiro atoms.